The first-order valence-corrected chi connectivity index (χ1v) is 5.91. The highest BCUT2D eigenvalue weighted by molar-refractivity contribution is 5.76. The second-order valence-corrected chi connectivity index (χ2v) is 4.49. The lowest BCUT2D eigenvalue weighted by molar-refractivity contribution is -0.139. The van der Waals surface area contributed by atoms with E-state index >= 15 is 0 Å². The first-order chi connectivity index (χ1) is 8.16. The highest BCUT2D eigenvalue weighted by Crippen LogP contribution is 2.22. The molecule has 17 heavy (non-hydrogen) atoms. The molecule has 0 aliphatic carbocycles. The number of aliphatic carboxylic acids is 1. The van der Waals surface area contributed by atoms with Crippen molar-refractivity contribution < 1.29 is 15.0 Å². The van der Waals surface area contributed by atoms with E-state index in [1.54, 1.807) is 12.1 Å². The molecule has 4 nitrogen and oxygen atoms in total. The van der Waals surface area contributed by atoms with Crippen molar-refractivity contribution in [3.63, 3.8) is 0 Å². The molecule has 1 fully saturated rings. The van der Waals surface area contributed by atoms with Crippen LogP contribution < -0.4 is 0 Å². The number of hydrogen-bond acceptors (Lipinski definition) is 3. The van der Waals surface area contributed by atoms with Crippen LogP contribution in [0.5, 0.6) is 5.75 Å². The van der Waals surface area contributed by atoms with Crippen LogP contribution in [0.15, 0.2) is 24.3 Å². The van der Waals surface area contributed by atoms with E-state index in [1.807, 2.05) is 0 Å². The molecule has 1 aliphatic rings. The number of benzene rings is 1. The minimum atomic E-state index is -0.803. The van der Waals surface area contributed by atoms with Gasteiger partial charge in [-0.25, -0.2) is 0 Å². The van der Waals surface area contributed by atoms with Crippen LogP contribution in [-0.4, -0.2) is 40.7 Å². The van der Waals surface area contributed by atoms with Crippen LogP contribution in [0.25, 0.3) is 0 Å². The minimum absolute atomic E-state index is 0.166. The van der Waals surface area contributed by atoms with Gasteiger partial charge in [-0.1, -0.05) is 12.1 Å². The van der Waals surface area contributed by atoms with Crippen molar-refractivity contribution in [1.82, 2.24) is 4.90 Å². The van der Waals surface area contributed by atoms with Gasteiger partial charge in [0.1, 0.15) is 5.75 Å². The van der Waals surface area contributed by atoms with E-state index in [9.17, 15) is 15.0 Å². The fourth-order valence-corrected chi connectivity index (χ4v) is 2.26. The standard InChI is InChI=1S/C13H17NO3/c15-11-5-3-10(4-6-11)12(13(16)17)9-14-7-1-2-8-14/h3-6,12,15H,1-2,7-9H2,(H,16,17). The van der Waals surface area contributed by atoms with Crippen molar-refractivity contribution in [2.24, 2.45) is 0 Å². The van der Waals surface area contributed by atoms with E-state index in [0.717, 1.165) is 31.5 Å². The zero-order chi connectivity index (χ0) is 12.3. The Balaban J connectivity index is 2.10. The molecule has 2 rings (SSSR count). The summed E-state index contributed by atoms with van der Waals surface area (Å²) in [6.45, 7) is 2.53. The molecule has 1 saturated heterocycles. The second kappa shape index (κ2) is 5.19. The van der Waals surface area contributed by atoms with Crippen LogP contribution in [0.3, 0.4) is 0 Å². The Kier molecular flexibility index (Phi) is 3.64. The van der Waals surface area contributed by atoms with Gasteiger partial charge in [-0.2, -0.15) is 0 Å². The fraction of sp³-hybridized carbons (Fsp3) is 0.462. The average molecular weight is 235 g/mol. The molecule has 2 N–H and O–H groups in total. The molecule has 0 bridgehead atoms. The van der Waals surface area contributed by atoms with Crippen molar-refractivity contribution >= 4 is 5.97 Å². The molecule has 0 spiro atoms. The molecule has 0 amide bonds. The maximum Gasteiger partial charge on any atom is 0.312 e. The lowest BCUT2D eigenvalue weighted by Crippen LogP contribution is -2.29. The van der Waals surface area contributed by atoms with Gasteiger partial charge in [-0.3, -0.25) is 4.79 Å². The number of nitrogens with zero attached hydrogens (tertiary/aromatic N) is 1. The molecule has 1 unspecified atom stereocenters. The van der Waals surface area contributed by atoms with Crippen molar-refractivity contribution in [2.45, 2.75) is 18.8 Å². The maximum absolute atomic E-state index is 11.3. The molecule has 1 aromatic rings. The van der Waals surface area contributed by atoms with E-state index in [4.69, 9.17) is 0 Å². The molecule has 1 heterocycles. The van der Waals surface area contributed by atoms with E-state index in [2.05, 4.69) is 4.90 Å². The molecular weight excluding hydrogens is 218 g/mol. The number of phenolic OH excluding ortho intramolecular Hbond substituents is 1. The lowest BCUT2D eigenvalue weighted by atomic mass is 9.98. The van der Waals surface area contributed by atoms with Gasteiger partial charge in [0.2, 0.25) is 0 Å². The summed E-state index contributed by atoms with van der Waals surface area (Å²) in [6.07, 6.45) is 2.31. The Morgan fingerprint density at radius 1 is 1.24 bits per heavy atom. The smallest absolute Gasteiger partial charge is 0.312 e. The average Bonchev–Trinajstić information content (AvgIpc) is 2.80. The summed E-state index contributed by atoms with van der Waals surface area (Å²) in [4.78, 5) is 13.5. The summed E-state index contributed by atoms with van der Waals surface area (Å²) < 4.78 is 0. The number of hydrogen-bond donors (Lipinski definition) is 2. The molecule has 92 valence electrons. The quantitative estimate of drug-likeness (QED) is 0.833. The van der Waals surface area contributed by atoms with Crippen LogP contribution in [0.4, 0.5) is 0 Å². The van der Waals surface area contributed by atoms with E-state index in [0.29, 0.717) is 6.54 Å². The third-order valence-electron chi connectivity index (χ3n) is 3.23. The molecule has 0 aromatic heterocycles. The Hall–Kier alpha value is -1.55. The van der Waals surface area contributed by atoms with Gasteiger partial charge < -0.3 is 15.1 Å². The van der Waals surface area contributed by atoms with Gasteiger partial charge in [-0.05, 0) is 43.6 Å². The van der Waals surface area contributed by atoms with Crippen molar-refractivity contribution in [1.29, 1.82) is 0 Å². The maximum atomic E-state index is 11.3. The largest absolute Gasteiger partial charge is 0.508 e. The lowest BCUT2D eigenvalue weighted by Gasteiger charge is -2.20. The predicted octanol–water partition coefficient (Wildman–Crippen LogP) is 1.66. The second-order valence-electron chi connectivity index (χ2n) is 4.49. The molecule has 1 atom stereocenters. The fourth-order valence-electron chi connectivity index (χ4n) is 2.26. The molecule has 0 radical (unpaired) electrons. The van der Waals surface area contributed by atoms with Crippen molar-refractivity contribution in [3.05, 3.63) is 29.8 Å². The Bertz CT molecular complexity index is 382. The summed E-state index contributed by atoms with van der Waals surface area (Å²) in [5.41, 5.74) is 0.752. The van der Waals surface area contributed by atoms with Crippen LogP contribution in [0.2, 0.25) is 0 Å². The summed E-state index contributed by atoms with van der Waals surface area (Å²) in [7, 11) is 0. The number of likely N-dealkylation sites (tertiary alicyclic amines) is 1. The Labute approximate surface area is 100 Å². The molecular formula is C13H17NO3. The zero-order valence-electron chi connectivity index (χ0n) is 9.67. The number of rotatable bonds is 4. The third kappa shape index (κ3) is 2.97. The van der Waals surface area contributed by atoms with Crippen LogP contribution in [0, 0.1) is 0 Å². The SMILES string of the molecule is O=C(O)C(CN1CCCC1)c1ccc(O)cc1. The normalized spacial score (nSPS) is 18.1. The highest BCUT2D eigenvalue weighted by Gasteiger charge is 2.24. The monoisotopic (exact) mass is 235 g/mol. The summed E-state index contributed by atoms with van der Waals surface area (Å²) in [5.74, 6) is -1.14. The summed E-state index contributed by atoms with van der Waals surface area (Å²) in [5, 5.41) is 18.5. The van der Waals surface area contributed by atoms with Crippen molar-refractivity contribution in [3.8, 4) is 5.75 Å². The number of carboxylic acid groups (broad SMARTS) is 1. The molecule has 4 heteroatoms. The van der Waals surface area contributed by atoms with Gasteiger partial charge in [0.25, 0.3) is 0 Å². The van der Waals surface area contributed by atoms with E-state index < -0.39 is 11.9 Å². The number of phenols is 1. The highest BCUT2D eigenvalue weighted by atomic mass is 16.4. The molecule has 1 aliphatic heterocycles. The first-order valence-electron chi connectivity index (χ1n) is 5.91. The third-order valence-corrected chi connectivity index (χ3v) is 3.23. The van der Waals surface area contributed by atoms with Gasteiger partial charge in [0.05, 0.1) is 5.92 Å². The van der Waals surface area contributed by atoms with Crippen LogP contribution in [0.1, 0.15) is 24.3 Å². The molecule has 0 saturated carbocycles. The number of carbonyl (C=O) groups is 1. The van der Waals surface area contributed by atoms with Gasteiger partial charge in [0, 0.05) is 6.54 Å². The topological polar surface area (TPSA) is 60.8 Å². The summed E-state index contributed by atoms with van der Waals surface area (Å²) in [6, 6.07) is 6.44. The summed E-state index contributed by atoms with van der Waals surface area (Å²) >= 11 is 0. The first kappa shape index (κ1) is 11.9. The van der Waals surface area contributed by atoms with Crippen molar-refractivity contribution in [2.75, 3.05) is 19.6 Å². The Morgan fingerprint density at radius 2 is 1.82 bits per heavy atom. The molecule has 1 aromatic carbocycles. The minimum Gasteiger partial charge on any atom is -0.508 e. The number of carboxylic acids is 1. The zero-order valence-corrected chi connectivity index (χ0v) is 9.67. The van der Waals surface area contributed by atoms with Gasteiger partial charge in [-0.15, -0.1) is 0 Å². The van der Waals surface area contributed by atoms with E-state index in [1.165, 1.54) is 12.1 Å². The predicted molar refractivity (Wildman–Crippen MR) is 64.2 cm³/mol. The van der Waals surface area contributed by atoms with Gasteiger partial charge >= 0.3 is 5.97 Å². The Morgan fingerprint density at radius 3 is 2.35 bits per heavy atom. The van der Waals surface area contributed by atoms with Crippen LogP contribution in [-0.2, 0) is 4.79 Å². The number of aromatic hydroxyl groups is 1. The van der Waals surface area contributed by atoms with Crippen LogP contribution >= 0.6 is 0 Å². The van der Waals surface area contributed by atoms with Gasteiger partial charge in [0.15, 0.2) is 0 Å². The van der Waals surface area contributed by atoms with E-state index in [-0.39, 0.29) is 5.75 Å².